The number of anilines is 2. The zero-order valence-electron chi connectivity index (χ0n) is 15.7. The van der Waals surface area contributed by atoms with E-state index in [0.717, 1.165) is 30.0 Å². The molecule has 2 aromatic rings. The summed E-state index contributed by atoms with van der Waals surface area (Å²) in [6.07, 6.45) is 0.348. The summed E-state index contributed by atoms with van der Waals surface area (Å²) < 4.78 is 13.0. The Labute approximate surface area is 159 Å². The zero-order valence-corrected chi connectivity index (χ0v) is 15.7. The molecule has 0 aromatic heterocycles. The molecule has 0 spiro atoms. The Balaban J connectivity index is 1.53. The summed E-state index contributed by atoms with van der Waals surface area (Å²) in [5, 5.41) is 0. The van der Waals surface area contributed by atoms with E-state index in [9.17, 15) is 14.0 Å². The highest BCUT2D eigenvalue weighted by Crippen LogP contribution is 2.18. The molecule has 0 radical (unpaired) electrons. The maximum Gasteiger partial charge on any atom is 0.227 e. The minimum absolute atomic E-state index is 0.0298. The van der Waals surface area contributed by atoms with Gasteiger partial charge in [-0.25, -0.2) is 4.39 Å². The van der Waals surface area contributed by atoms with Crippen LogP contribution in [0.25, 0.3) is 0 Å². The second-order valence-electron chi connectivity index (χ2n) is 6.77. The fourth-order valence-electron chi connectivity index (χ4n) is 3.17. The third-order valence-electron chi connectivity index (χ3n) is 4.98. The second-order valence-corrected chi connectivity index (χ2v) is 6.77. The van der Waals surface area contributed by atoms with Crippen molar-refractivity contribution in [3.05, 3.63) is 59.9 Å². The number of hydrogen-bond donors (Lipinski definition) is 0. The van der Waals surface area contributed by atoms with Gasteiger partial charge in [0.25, 0.3) is 0 Å². The van der Waals surface area contributed by atoms with Crippen LogP contribution in [0, 0.1) is 5.82 Å². The van der Waals surface area contributed by atoms with Crippen LogP contribution in [0.1, 0.15) is 12.5 Å². The van der Waals surface area contributed by atoms with E-state index in [1.807, 2.05) is 29.2 Å². The monoisotopic (exact) mass is 369 g/mol. The fourth-order valence-corrected chi connectivity index (χ4v) is 3.17. The van der Waals surface area contributed by atoms with Gasteiger partial charge in [-0.2, -0.15) is 0 Å². The Morgan fingerprint density at radius 3 is 2.11 bits per heavy atom. The highest BCUT2D eigenvalue weighted by molar-refractivity contribution is 5.90. The Morgan fingerprint density at radius 1 is 0.963 bits per heavy atom. The number of carbonyl (C=O) groups excluding carboxylic acids is 2. The van der Waals surface area contributed by atoms with Crippen molar-refractivity contribution in [2.75, 3.05) is 43.0 Å². The van der Waals surface area contributed by atoms with E-state index in [0.29, 0.717) is 19.5 Å². The van der Waals surface area contributed by atoms with E-state index in [1.54, 1.807) is 24.1 Å². The van der Waals surface area contributed by atoms with Crippen LogP contribution in [0.3, 0.4) is 0 Å². The van der Waals surface area contributed by atoms with E-state index >= 15 is 0 Å². The summed E-state index contributed by atoms with van der Waals surface area (Å²) in [4.78, 5) is 29.6. The standard InChI is InChI=1S/C21H24FN3O2/c1-16(26)23(2)19-7-3-17(4-8-19)15-21(27)25-13-11-24(12-14-25)20-9-5-18(22)6-10-20/h3-10H,11-15H2,1-2H3. The molecule has 2 aromatic carbocycles. The Morgan fingerprint density at radius 2 is 1.56 bits per heavy atom. The molecule has 142 valence electrons. The predicted octanol–water partition coefficient (Wildman–Crippen LogP) is 2.70. The third-order valence-corrected chi connectivity index (χ3v) is 4.98. The first-order chi connectivity index (χ1) is 12.9. The molecule has 6 heteroatoms. The van der Waals surface area contributed by atoms with Gasteiger partial charge in [0.15, 0.2) is 0 Å². The smallest absolute Gasteiger partial charge is 0.227 e. The van der Waals surface area contributed by atoms with Crippen molar-refractivity contribution in [2.24, 2.45) is 0 Å². The van der Waals surface area contributed by atoms with Gasteiger partial charge in [0.1, 0.15) is 5.82 Å². The van der Waals surface area contributed by atoms with Crippen molar-refractivity contribution in [3.8, 4) is 0 Å². The van der Waals surface area contributed by atoms with E-state index in [1.165, 1.54) is 19.1 Å². The fraction of sp³-hybridized carbons (Fsp3) is 0.333. The maximum atomic E-state index is 13.0. The van der Waals surface area contributed by atoms with Gasteiger partial charge >= 0.3 is 0 Å². The molecule has 1 fully saturated rings. The average Bonchev–Trinajstić information content (AvgIpc) is 2.68. The summed E-state index contributed by atoms with van der Waals surface area (Å²) >= 11 is 0. The lowest BCUT2D eigenvalue weighted by atomic mass is 10.1. The molecule has 0 aliphatic carbocycles. The van der Waals surface area contributed by atoms with Crippen LogP contribution >= 0.6 is 0 Å². The molecule has 5 nitrogen and oxygen atoms in total. The molecule has 0 saturated carbocycles. The lowest BCUT2D eigenvalue weighted by molar-refractivity contribution is -0.130. The van der Waals surface area contributed by atoms with Crippen molar-refractivity contribution in [2.45, 2.75) is 13.3 Å². The number of nitrogens with zero attached hydrogens (tertiary/aromatic N) is 3. The highest BCUT2D eigenvalue weighted by Gasteiger charge is 2.21. The van der Waals surface area contributed by atoms with Gasteiger partial charge in [-0.1, -0.05) is 12.1 Å². The van der Waals surface area contributed by atoms with Gasteiger partial charge in [-0.3, -0.25) is 9.59 Å². The molecular weight excluding hydrogens is 345 g/mol. The Hall–Kier alpha value is -2.89. The van der Waals surface area contributed by atoms with Crippen molar-refractivity contribution in [1.82, 2.24) is 4.90 Å². The van der Waals surface area contributed by atoms with Crippen molar-refractivity contribution >= 4 is 23.2 Å². The molecule has 1 aliphatic heterocycles. The highest BCUT2D eigenvalue weighted by atomic mass is 19.1. The first-order valence-electron chi connectivity index (χ1n) is 9.05. The van der Waals surface area contributed by atoms with Crippen LogP contribution in [0.4, 0.5) is 15.8 Å². The topological polar surface area (TPSA) is 43.9 Å². The first kappa shape index (κ1) is 18.9. The zero-order chi connectivity index (χ0) is 19.4. The molecule has 1 saturated heterocycles. The van der Waals surface area contributed by atoms with Crippen molar-refractivity contribution in [3.63, 3.8) is 0 Å². The molecule has 0 N–H and O–H groups in total. The Kier molecular flexibility index (Phi) is 5.74. The SMILES string of the molecule is CC(=O)N(C)c1ccc(CC(=O)N2CCN(c3ccc(F)cc3)CC2)cc1. The van der Waals surface area contributed by atoms with Crippen LogP contribution < -0.4 is 9.80 Å². The van der Waals surface area contributed by atoms with Crippen LogP contribution in [-0.4, -0.2) is 49.9 Å². The number of benzene rings is 2. The van der Waals surface area contributed by atoms with Crippen LogP contribution in [-0.2, 0) is 16.0 Å². The number of piperazine rings is 1. The number of rotatable bonds is 4. The minimum Gasteiger partial charge on any atom is -0.368 e. The summed E-state index contributed by atoms with van der Waals surface area (Å²) in [5.74, 6) is -0.174. The van der Waals surface area contributed by atoms with E-state index in [-0.39, 0.29) is 17.6 Å². The summed E-state index contributed by atoms with van der Waals surface area (Å²) in [6, 6.07) is 14.0. The number of hydrogen-bond acceptors (Lipinski definition) is 3. The summed E-state index contributed by atoms with van der Waals surface area (Å²) in [5.41, 5.74) is 2.72. The van der Waals surface area contributed by atoms with Gasteiger partial charge in [0, 0.05) is 51.5 Å². The van der Waals surface area contributed by atoms with Gasteiger partial charge in [0.05, 0.1) is 6.42 Å². The maximum absolute atomic E-state index is 13.0. The van der Waals surface area contributed by atoms with E-state index in [2.05, 4.69) is 4.90 Å². The molecule has 0 atom stereocenters. The second kappa shape index (κ2) is 8.20. The summed E-state index contributed by atoms with van der Waals surface area (Å²) in [7, 11) is 1.73. The Bertz CT molecular complexity index is 797. The van der Waals surface area contributed by atoms with Gasteiger partial charge < -0.3 is 14.7 Å². The molecule has 27 heavy (non-hydrogen) atoms. The number of amides is 2. The average molecular weight is 369 g/mol. The lowest BCUT2D eigenvalue weighted by Gasteiger charge is -2.36. The van der Waals surface area contributed by atoms with Crippen molar-refractivity contribution < 1.29 is 14.0 Å². The van der Waals surface area contributed by atoms with Crippen LogP contribution in [0.15, 0.2) is 48.5 Å². The van der Waals surface area contributed by atoms with Crippen LogP contribution in [0.2, 0.25) is 0 Å². The van der Waals surface area contributed by atoms with Gasteiger partial charge in [-0.15, -0.1) is 0 Å². The number of carbonyl (C=O) groups is 2. The number of halogens is 1. The summed E-state index contributed by atoms with van der Waals surface area (Å²) in [6.45, 7) is 4.30. The quantitative estimate of drug-likeness (QED) is 0.832. The van der Waals surface area contributed by atoms with E-state index in [4.69, 9.17) is 0 Å². The normalized spacial score (nSPS) is 14.2. The molecule has 0 bridgehead atoms. The van der Waals surface area contributed by atoms with Gasteiger partial charge in [-0.05, 0) is 42.0 Å². The van der Waals surface area contributed by atoms with Crippen molar-refractivity contribution in [1.29, 1.82) is 0 Å². The minimum atomic E-state index is -0.243. The molecule has 1 heterocycles. The van der Waals surface area contributed by atoms with E-state index < -0.39 is 0 Å². The molecule has 1 aliphatic rings. The van der Waals surface area contributed by atoms with Gasteiger partial charge in [0.2, 0.25) is 11.8 Å². The molecule has 2 amide bonds. The predicted molar refractivity (Wildman–Crippen MR) is 104 cm³/mol. The lowest BCUT2D eigenvalue weighted by Crippen LogP contribution is -2.49. The molecular formula is C21H24FN3O2. The first-order valence-corrected chi connectivity index (χ1v) is 9.05. The van der Waals surface area contributed by atoms with Crippen LogP contribution in [0.5, 0.6) is 0 Å². The molecule has 3 rings (SSSR count). The molecule has 0 unspecified atom stereocenters. The third kappa shape index (κ3) is 4.64. The largest absolute Gasteiger partial charge is 0.368 e.